The number of carbonyl (C=O) groups excluding carboxylic acids is 1. The lowest BCUT2D eigenvalue weighted by Crippen LogP contribution is -2.14. The lowest BCUT2D eigenvalue weighted by molar-refractivity contribution is -0.113. The van der Waals surface area contributed by atoms with Gasteiger partial charge in [0.1, 0.15) is 11.6 Å². The van der Waals surface area contributed by atoms with Gasteiger partial charge in [0.25, 0.3) is 0 Å². The average molecular weight is 314 g/mol. The van der Waals surface area contributed by atoms with Crippen LogP contribution in [0.15, 0.2) is 47.4 Å². The molecule has 0 heterocycles. The standard InChI is InChI=1S/C14H10ClF2NOS/c15-10-7-9(5-6-11(10)16)18-14(19)8-20-13-4-2-1-3-12(13)17/h1-7H,8H2,(H,18,19). The third-order valence-electron chi connectivity index (χ3n) is 2.40. The minimum atomic E-state index is -0.551. The Kier molecular flexibility index (Phi) is 4.98. The minimum Gasteiger partial charge on any atom is -0.325 e. The maximum absolute atomic E-state index is 13.4. The van der Waals surface area contributed by atoms with E-state index in [1.165, 1.54) is 24.3 Å². The van der Waals surface area contributed by atoms with Crippen LogP contribution < -0.4 is 5.32 Å². The Balaban J connectivity index is 1.93. The molecule has 0 spiro atoms. The fourth-order valence-corrected chi connectivity index (χ4v) is 2.40. The molecule has 0 radical (unpaired) electrons. The predicted octanol–water partition coefficient (Wildman–Crippen LogP) is 4.35. The van der Waals surface area contributed by atoms with Crippen LogP contribution in [-0.4, -0.2) is 11.7 Å². The van der Waals surface area contributed by atoms with Gasteiger partial charge in [0.05, 0.1) is 10.8 Å². The molecule has 0 fully saturated rings. The molecule has 0 aliphatic carbocycles. The molecular formula is C14H10ClF2NOS. The molecular weight excluding hydrogens is 304 g/mol. The van der Waals surface area contributed by atoms with Crippen molar-refractivity contribution in [3.63, 3.8) is 0 Å². The van der Waals surface area contributed by atoms with E-state index in [-0.39, 0.29) is 22.5 Å². The van der Waals surface area contributed by atoms with E-state index in [1.807, 2.05) is 0 Å². The summed E-state index contributed by atoms with van der Waals surface area (Å²) >= 11 is 6.70. The van der Waals surface area contributed by atoms with Crippen LogP contribution in [0.25, 0.3) is 0 Å². The van der Waals surface area contributed by atoms with Gasteiger partial charge in [0.2, 0.25) is 5.91 Å². The van der Waals surface area contributed by atoms with Crippen molar-refractivity contribution in [3.8, 4) is 0 Å². The first-order chi connectivity index (χ1) is 9.56. The molecule has 0 aliphatic rings. The van der Waals surface area contributed by atoms with Gasteiger partial charge in [-0.1, -0.05) is 23.7 Å². The summed E-state index contributed by atoms with van der Waals surface area (Å²) < 4.78 is 26.3. The van der Waals surface area contributed by atoms with E-state index in [2.05, 4.69) is 5.32 Å². The minimum absolute atomic E-state index is 0.0515. The smallest absolute Gasteiger partial charge is 0.234 e. The van der Waals surface area contributed by atoms with Crippen LogP contribution in [0.4, 0.5) is 14.5 Å². The van der Waals surface area contributed by atoms with Gasteiger partial charge in [0, 0.05) is 10.6 Å². The molecule has 0 atom stereocenters. The molecule has 0 saturated heterocycles. The van der Waals surface area contributed by atoms with Gasteiger partial charge < -0.3 is 5.32 Å². The fourth-order valence-electron chi connectivity index (χ4n) is 1.48. The first-order valence-electron chi connectivity index (χ1n) is 5.68. The number of amides is 1. The lowest BCUT2D eigenvalue weighted by atomic mass is 10.3. The Morgan fingerprint density at radius 1 is 1.15 bits per heavy atom. The van der Waals surface area contributed by atoms with Crippen LogP contribution in [-0.2, 0) is 4.79 Å². The van der Waals surface area contributed by atoms with Gasteiger partial charge >= 0.3 is 0 Å². The Morgan fingerprint density at radius 3 is 2.60 bits per heavy atom. The van der Waals surface area contributed by atoms with Gasteiger partial charge in [-0.15, -0.1) is 11.8 Å². The van der Waals surface area contributed by atoms with Gasteiger partial charge in [-0.25, -0.2) is 8.78 Å². The van der Waals surface area contributed by atoms with Crippen LogP contribution >= 0.6 is 23.4 Å². The zero-order chi connectivity index (χ0) is 14.5. The van der Waals surface area contributed by atoms with Crippen LogP contribution in [0.3, 0.4) is 0 Å². The largest absolute Gasteiger partial charge is 0.325 e. The average Bonchev–Trinajstić information content (AvgIpc) is 2.42. The van der Waals surface area contributed by atoms with E-state index in [1.54, 1.807) is 18.2 Å². The molecule has 2 rings (SSSR count). The molecule has 6 heteroatoms. The SMILES string of the molecule is O=C(CSc1ccccc1F)Nc1ccc(F)c(Cl)c1. The number of hydrogen-bond acceptors (Lipinski definition) is 2. The Morgan fingerprint density at radius 2 is 1.90 bits per heavy atom. The summed E-state index contributed by atoms with van der Waals surface area (Å²) in [5.74, 6) is -1.18. The number of anilines is 1. The van der Waals surface area contributed by atoms with Crippen molar-refractivity contribution >= 4 is 35.0 Å². The van der Waals surface area contributed by atoms with Crippen LogP contribution in [0.1, 0.15) is 0 Å². The van der Waals surface area contributed by atoms with Crippen molar-refractivity contribution in [1.82, 2.24) is 0 Å². The van der Waals surface area contributed by atoms with Gasteiger partial charge in [-0.05, 0) is 30.3 Å². The van der Waals surface area contributed by atoms with Gasteiger partial charge in [-0.2, -0.15) is 0 Å². The molecule has 1 amide bonds. The molecule has 0 saturated carbocycles. The summed E-state index contributed by atoms with van der Waals surface area (Å²) in [4.78, 5) is 12.1. The van der Waals surface area contributed by atoms with Crippen molar-refractivity contribution in [2.45, 2.75) is 4.90 Å². The number of halogens is 3. The molecule has 0 bridgehead atoms. The van der Waals surface area contributed by atoms with Gasteiger partial charge in [0.15, 0.2) is 0 Å². The number of hydrogen-bond donors (Lipinski definition) is 1. The topological polar surface area (TPSA) is 29.1 Å². The van der Waals surface area contributed by atoms with E-state index in [0.29, 0.717) is 10.6 Å². The summed E-state index contributed by atoms with van der Waals surface area (Å²) in [6.07, 6.45) is 0. The van der Waals surface area contributed by atoms with E-state index >= 15 is 0 Å². The van der Waals surface area contributed by atoms with Crippen molar-refractivity contribution in [3.05, 3.63) is 59.1 Å². The molecule has 2 aromatic rings. The van der Waals surface area contributed by atoms with Crippen molar-refractivity contribution in [2.75, 3.05) is 11.1 Å². The zero-order valence-corrected chi connectivity index (χ0v) is 11.8. The monoisotopic (exact) mass is 313 g/mol. The van der Waals surface area contributed by atoms with Crippen molar-refractivity contribution in [2.24, 2.45) is 0 Å². The summed E-state index contributed by atoms with van der Waals surface area (Å²) in [5, 5.41) is 2.50. The molecule has 0 unspecified atom stereocenters. The second kappa shape index (κ2) is 6.72. The summed E-state index contributed by atoms with van der Waals surface area (Å²) in [7, 11) is 0. The van der Waals surface area contributed by atoms with Crippen molar-refractivity contribution in [1.29, 1.82) is 0 Å². The molecule has 2 aromatic carbocycles. The molecule has 104 valence electrons. The van der Waals surface area contributed by atoms with Crippen molar-refractivity contribution < 1.29 is 13.6 Å². The molecule has 20 heavy (non-hydrogen) atoms. The number of thioether (sulfide) groups is 1. The summed E-state index contributed by atoms with van der Waals surface area (Å²) in [5.41, 5.74) is 0.399. The number of carbonyl (C=O) groups is 1. The maximum atomic E-state index is 13.4. The van der Waals surface area contributed by atoms with Crippen LogP contribution in [0.2, 0.25) is 5.02 Å². The highest BCUT2D eigenvalue weighted by molar-refractivity contribution is 8.00. The molecule has 2 nitrogen and oxygen atoms in total. The second-order valence-corrected chi connectivity index (χ2v) is 5.32. The lowest BCUT2D eigenvalue weighted by Gasteiger charge is -2.06. The highest BCUT2D eigenvalue weighted by Crippen LogP contribution is 2.22. The summed E-state index contributed by atoms with van der Waals surface area (Å²) in [6, 6.07) is 10.1. The van der Waals surface area contributed by atoms with E-state index in [4.69, 9.17) is 11.6 Å². The Labute approximate surface area is 124 Å². The zero-order valence-electron chi connectivity index (χ0n) is 10.2. The first kappa shape index (κ1) is 14.8. The Bertz CT molecular complexity index is 636. The van der Waals surface area contributed by atoms with Crippen LogP contribution in [0.5, 0.6) is 0 Å². The number of nitrogens with one attached hydrogen (secondary N) is 1. The van der Waals surface area contributed by atoms with Gasteiger partial charge in [-0.3, -0.25) is 4.79 Å². The molecule has 0 aromatic heterocycles. The second-order valence-electron chi connectivity index (χ2n) is 3.90. The third-order valence-corrected chi connectivity index (χ3v) is 3.74. The first-order valence-corrected chi connectivity index (χ1v) is 7.05. The fraction of sp³-hybridized carbons (Fsp3) is 0.0714. The number of rotatable bonds is 4. The van der Waals surface area contributed by atoms with E-state index in [0.717, 1.165) is 11.8 Å². The highest BCUT2D eigenvalue weighted by atomic mass is 35.5. The third kappa shape index (κ3) is 3.95. The highest BCUT2D eigenvalue weighted by Gasteiger charge is 2.08. The maximum Gasteiger partial charge on any atom is 0.234 e. The quantitative estimate of drug-likeness (QED) is 0.850. The van der Waals surface area contributed by atoms with E-state index < -0.39 is 5.82 Å². The Hall–Kier alpha value is -1.59. The predicted molar refractivity (Wildman–Crippen MR) is 77.2 cm³/mol. The molecule has 0 aliphatic heterocycles. The number of benzene rings is 2. The van der Waals surface area contributed by atoms with E-state index in [9.17, 15) is 13.6 Å². The summed E-state index contributed by atoms with van der Waals surface area (Å²) in [6.45, 7) is 0. The normalized spacial score (nSPS) is 10.3. The van der Waals surface area contributed by atoms with Crippen LogP contribution in [0, 0.1) is 11.6 Å². The molecule has 1 N–H and O–H groups in total.